The summed E-state index contributed by atoms with van der Waals surface area (Å²) in [6.07, 6.45) is 9.09. The van der Waals surface area contributed by atoms with Crippen LogP contribution in [0.3, 0.4) is 0 Å². The molecule has 5 heteroatoms. The van der Waals surface area contributed by atoms with Crippen molar-refractivity contribution >= 4 is 12.4 Å². The first-order valence-electron chi connectivity index (χ1n) is 8.83. The second-order valence-corrected chi connectivity index (χ2v) is 5.96. The summed E-state index contributed by atoms with van der Waals surface area (Å²) in [6, 6.07) is 14.4. The number of phenolic OH excluding ortho intramolecular Hbond substituents is 2. The van der Waals surface area contributed by atoms with E-state index in [4.69, 9.17) is 0 Å². The van der Waals surface area contributed by atoms with Crippen molar-refractivity contribution in [3.63, 3.8) is 0 Å². The van der Waals surface area contributed by atoms with E-state index < -0.39 is 0 Å². The Balaban J connectivity index is 0.00000338. The van der Waals surface area contributed by atoms with E-state index >= 15 is 0 Å². The zero-order valence-electron chi connectivity index (χ0n) is 14.8. The van der Waals surface area contributed by atoms with Gasteiger partial charge in [-0.3, -0.25) is 9.98 Å². The van der Waals surface area contributed by atoms with Crippen molar-refractivity contribution in [3.8, 4) is 11.5 Å². The number of hydrogen-bond donors (Lipinski definition) is 2. The minimum absolute atomic E-state index is 0. The van der Waals surface area contributed by atoms with Crippen LogP contribution in [0.4, 0.5) is 0 Å². The Bertz CT molecular complexity index is 642. The summed E-state index contributed by atoms with van der Waals surface area (Å²) in [5, 5.41) is 19.3. The number of para-hydroxylation sites is 2. The molecule has 142 valence electrons. The smallest absolute Gasteiger partial charge is 0.124 e. The van der Waals surface area contributed by atoms with Crippen molar-refractivity contribution < 1.29 is 26.7 Å². The van der Waals surface area contributed by atoms with Gasteiger partial charge in [0, 0.05) is 53.1 Å². The van der Waals surface area contributed by atoms with Gasteiger partial charge in [-0.05, 0) is 37.1 Å². The number of aromatic hydroxyl groups is 2. The van der Waals surface area contributed by atoms with Crippen LogP contribution >= 0.6 is 0 Å². The van der Waals surface area contributed by atoms with Gasteiger partial charge in [0.05, 0.1) is 0 Å². The maximum Gasteiger partial charge on any atom is 0.124 e. The van der Waals surface area contributed by atoms with Crippen LogP contribution < -0.4 is 0 Å². The first-order valence-corrected chi connectivity index (χ1v) is 8.83. The van der Waals surface area contributed by atoms with Crippen molar-refractivity contribution in [2.45, 2.75) is 32.1 Å². The molecule has 2 aromatic rings. The summed E-state index contributed by atoms with van der Waals surface area (Å²) in [5.41, 5.74) is 1.54. The van der Waals surface area contributed by atoms with E-state index in [1.807, 2.05) is 24.3 Å². The fourth-order valence-electron chi connectivity index (χ4n) is 2.46. The standard InChI is InChI=1S/C21H26N2O2.Ni/c24-20-12-6-4-10-18(20)16-22-14-8-2-1-3-9-15-23-17-19-11-5-7-13-21(19)25;/h4-7,10-13,16-17,24-25H,1-3,8-9,14-15H2;. The molecule has 2 aromatic carbocycles. The molecule has 2 rings (SSSR count). The van der Waals surface area contributed by atoms with E-state index in [0.717, 1.165) is 49.9 Å². The van der Waals surface area contributed by atoms with E-state index in [9.17, 15) is 10.2 Å². The van der Waals surface area contributed by atoms with E-state index in [0.29, 0.717) is 0 Å². The van der Waals surface area contributed by atoms with E-state index in [1.165, 1.54) is 6.42 Å². The van der Waals surface area contributed by atoms with E-state index in [-0.39, 0.29) is 28.0 Å². The van der Waals surface area contributed by atoms with Crippen molar-refractivity contribution in [1.82, 2.24) is 0 Å². The topological polar surface area (TPSA) is 65.2 Å². The number of phenols is 2. The molecule has 0 aliphatic rings. The van der Waals surface area contributed by atoms with Gasteiger partial charge in [-0.25, -0.2) is 0 Å². The monoisotopic (exact) mass is 396 g/mol. The van der Waals surface area contributed by atoms with Crippen LogP contribution in [0.15, 0.2) is 58.5 Å². The van der Waals surface area contributed by atoms with Crippen LogP contribution in [0.5, 0.6) is 11.5 Å². The van der Waals surface area contributed by atoms with Gasteiger partial charge in [0.25, 0.3) is 0 Å². The fourth-order valence-corrected chi connectivity index (χ4v) is 2.46. The summed E-state index contributed by atoms with van der Waals surface area (Å²) in [6.45, 7) is 1.58. The molecular weight excluding hydrogens is 371 g/mol. The number of rotatable bonds is 10. The van der Waals surface area contributed by atoms with Crippen LogP contribution in [0.25, 0.3) is 0 Å². The first-order chi connectivity index (χ1) is 12.3. The molecule has 0 atom stereocenters. The minimum Gasteiger partial charge on any atom is -0.507 e. The van der Waals surface area contributed by atoms with Crippen LogP contribution in [0, 0.1) is 0 Å². The summed E-state index contributed by atoms with van der Waals surface area (Å²) in [5.74, 6) is 0.547. The van der Waals surface area contributed by atoms with Gasteiger partial charge in [0.1, 0.15) is 11.5 Å². The number of hydrogen-bond acceptors (Lipinski definition) is 4. The van der Waals surface area contributed by atoms with Gasteiger partial charge in [-0.1, -0.05) is 43.5 Å². The molecule has 0 fully saturated rings. The third-order valence-corrected chi connectivity index (χ3v) is 3.91. The summed E-state index contributed by atoms with van der Waals surface area (Å²) in [7, 11) is 0. The average molecular weight is 397 g/mol. The Labute approximate surface area is 165 Å². The summed E-state index contributed by atoms with van der Waals surface area (Å²) in [4.78, 5) is 8.72. The number of benzene rings is 2. The molecule has 0 saturated heterocycles. The average Bonchev–Trinajstić information content (AvgIpc) is 2.62. The SMILES string of the molecule is Oc1ccccc1C=NCCCCCCCN=Cc1ccccc1O.[Ni]. The molecule has 0 bridgehead atoms. The van der Waals surface area contributed by atoms with E-state index in [2.05, 4.69) is 9.98 Å². The molecule has 0 spiro atoms. The van der Waals surface area contributed by atoms with Gasteiger partial charge in [-0.15, -0.1) is 0 Å². The maximum absolute atomic E-state index is 9.63. The Morgan fingerprint density at radius 1 is 0.615 bits per heavy atom. The Hall–Kier alpha value is -2.13. The molecule has 0 radical (unpaired) electrons. The molecule has 0 aliphatic heterocycles. The van der Waals surface area contributed by atoms with Gasteiger partial charge in [0.15, 0.2) is 0 Å². The van der Waals surface area contributed by atoms with Crippen molar-refractivity contribution in [3.05, 3.63) is 59.7 Å². The third-order valence-electron chi connectivity index (χ3n) is 3.91. The van der Waals surface area contributed by atoms with Crippen LogP contribution in [0.1, 0.15) is 43.2 Å². The summed E-state index contributed by atoms with van der Waals surface area (Å²) >= 11 is 0. The predicted molar refractivity (Wildman–Crippen MR) is 104 cm³/mol. The Morgan fingerprint density at radius 2 is 1.00 bits per heavy atom. The number of nitrogens with zero attached hydrogens (tertiary/aromatic N) is 2. The number of unbranched alkanes of at least 4 members (excludes halogenated alkanes) is 4. The fraction of sp³-hybridized carbons (Fsp3) is 0.333. The van der Waals surface area contributed by atoms with Crippen molar-refractivity contribution in [2.24, 2.45) is 9.98 Å². The van der Waals surface area contributed by atoms with Gasteiger partial charge >= 0.3 is 0 Å². The summed E-state index contributed by atoms with van der Waals surface area (Å²) < 4.78 is 0. The molecule has 2 N–H and O–H groups in total. The Morgan fingerprint density at radius 3 is 1.42 bits per heavy atom. The quantitative estimate of drug-likeness (QED) is 0.350. The maximum atomic E-state index is 9.63. The molecule has 0 saturated carbocycles. The molecule has 0 aliphatic carbocycles. The van der Waals surface area contributed by atoms with Gasteiger partial charge in [-0.2, -0.15) is 0 Å². The normalized spacial score (nSPS) is 11.1. The largest absolute Gasteiger partial charge is 0.507 e. The molecule has 0 amide bonds. The minimum atomic E-state index is 0. The number of aliphatic imine (C=N–C) groups is 2. The molecule has 26 heavy (non-hydrogen) atoms. The second-order valence-electron chi connectivity index (χ2n) is 5.96. The second kappa shape index (κ2) is 13.1. The van der Waals surface area contributed by atoms with Crippen LogP contribution in [-0.4, -0.2) is 35.7 Å². The van der Waals surface area contributed by atoms with Crippen LogP contribution in [0.2, 0.25) is 0 Å². The van der Waals surface area contributed by atoms with Crippen molar-refractivity contribution in [1.29, 1.82) is 0 Å². The Kier molecular flexibility index (Phi) is 11.1. The molecule has 0 aromatic heterocycles. The molecule has 4 nitrogen and oxygen atoms in total. The van der Waals surface area contributed by atoms with E-state index in [1.54, 1.807) is 36.7 Å². The van der Waals surface area contributed by atoms with Crippen molar-refractivity contribution in [2.75, 3.05) is 13.1 Å². The first kappa shape index (κ1) is 21.9. The predicted octanol–water partition coefficient (Wildman–Crippen LogP) is 4.58. The molecule has 0 heterocycles. The zero-order chi connectivity index (χ0) is 17.7. The van der Waals surface area contributed by atoms with Crippen LogP contribution in [-0.2, 0) is 16.5 Å². The molecule has 0 unspecified atom stereocenters. The third kappa shape index (κ3) is 8.31. The molecular formula is C21H26N2NiO2. The van der Waals surface area contributed by atoms with Gasteiger partial charge in [0.2, 0.25) is 0 Å². The zero-order valence-corrected chi connectivity index (χ0v) is 15.8. The van der Waals surface area contributed by atoms with Gasteiger partial charge < -0.3 is 10.2 Å².